The van der Waals surface area contributed by atoms with Gasteiger partial charge in [-0.2, -0.15) is 0 Å². The first-order valence-electron chi connectivity index (χ1n) is 6.96. The molecule has 0 atom stereocenters. The minimum Gasteiger partial charge on any atom is -0.462 e. The maximum Gasteiger partial charge on any atom is 0.348 e. The molecule has 0 aliphatic rings. The minimum absolute atomic E-state index is 0.0470. The van der Waals surface area contributed by atoms with Crippen LogP contribution in [0.5, 0.6) is 0 Å². The Morgan fingerprint density at radius 1 is 1.38 bits per heavy atom. The van der Waals surface area contributed by atoms with Crippen LogP contribution < -0.4 is 0 Å². The summed E-state index contributed by atoms with van der Waals surface area (Å²) in [4.78, 5) is 23.3. The number of esters is 1. The van der Waals surface area contributed by atoms with Gasteiger partial charge < -0.3 is 4.74 Å². The second-order valence-electron chi connectivity index (χ2n) is 4.64. The van der Waals surface area contributed by atoms with Crippen LogP contribution in [0.25, 0.3) is 10.1 Å². The van der Waals surface area contributed by atoms with Crippen molar-refractivity contribution in [1.29, 1.82) is 0 Å². The van der Waals surface area contributed by atoms with Gasteiger partial charge in [-0.15, -0.1) is 11.3 Å². The summed E-state index contributed by atoms with van der Waals surface area (Å²) in [5.41, 5.74) is 0.921. The molecule has 0 radical (unpaired) electrons. The second kappa shape index (κ2) is 6.67. The van der Waals surface area contributed by atoms with Crippen molar-refractivity contribution >= 4 is 33.1 Å². The van der Waals surface area contributed by atoms with Crippen LogP contribution in [0, 0.1) is 10.1 Å². The Bertz CT molecular complexity index is 678. The molecule has 2 aromatic rings. The quantitative estimate of drug-likeness (QED) is 0.452. The lowest BCUT2D eigenvalue weighted by Gasteiger charge is -2.03. The Hall–Kier alpha value is -1.95. The van der Waals surface area contributed by atoms with E-state index < -0.39 is 4.92 Å². The van der Waals surface area contributed by atoms with Crippen molar-refractivity contribution in [2.45, 2.75) is 33.1 Å². The molecule has 0 spiro atoms. The van der Waals surface area contributed by atoms with Gasteiger partial charge in [0.05, 0.1) is 11.5 Å². The van der Waals surface area contributed by atoms with Crippen LogP contribution in [0.3, 0.4) is 0 Å². The SMILES string of the molecule is CCCCc1c(C(=O)OCC)sc2c([N+](=O)[O-])cccc12. The van der Waals surface area contributed by atoms with Crippen LogP contribution >= 0.6 is 11.3 Å². The molecule has 112 valence electrons. The first-order chi connectivity index (χ1) is 10.1. The average Bonchev–Trinajstić information content (AvgIpc) is 2.83. The predicted octanol–water partition coefficient (Wildman–Crippen LogP) is 4.33. The highest BCUT2D eigenvalue weighted by Crippen LogP contribution is 2.38. The zero-order valence-electron chi connectivity index (χ0n) is 12.0. The number of nitro groups is 1. The van der Waals surface area contributed by atoms with Crippen molar-refractivity contribution < 1.29 is 14.5 Å². The Morgan fingerprint density at radius 3 is 2.76 bits per heavy atom. The fourth-order valence-corrected chi connectivity index (χ4v) is 3.49. The molecule has 1 aromatic heterocycles. The molecule has 0 saturated heterocycles. The lowest BCUT2D eigenvalue weighted by molar-refractivity contribution is -0.382. The Morgan fingerprint density at radius 2 is 2.14 bits per heavy atom. The summed E-state index contributed by atoms with van der Waals surface area (Å²) in [6.07, 6.45) is 2.65. The van der Waals surface area contributed by atoms with E-state index in [2.05, 4.69) is 6.92 Å². The van der Waals surface area contributed by atoms with E-state index in [0.29, 0.717) is 16.2 Å². The first kappa shape index (κ1) is 15.4. The molecule has 2 rings (SSSR count). The standard InChI is InChI=1S/C15H17NO4S/c1-3-5-7-11-10-8-6-9-12(16(18)19)13(10)21-14(11)15(17)20-4-2/h6,8-9H,3-5,7H2,1-2H3. The summed E-state index contributed by atoms with van der Waals surface area (Å²) in [5, 5.41) is 11.9. The van der Waals surface area contributed by atoms with Gasteiger partial charge >= 0.3 is 5.97 Å². The molecule has 1 heterocycles. The molecule has 0 fully saturated rings. The number of unbranched alkanes of at least 4 members (excludes halogenated alkanes) is 1. The fraction of sp³-hybridized carbons (Fsp3) is 0.400. The largest absolute Gasteiger partial charge is 0.462 e. The fourth-order valence-electron chi connectivity index (χ4n) is 2.26. The van der Waals surface area contributed by atoms with Crippen LogP contribution in [-0.2, 0) is 11.2 Å². The number of hydrogen-bond donors (Lipinski definition) is 0. The lowest BCUT2D eigenvalue weighted by atomic mass is 10.0. The van der Waals surface area contributed by atoms with Gasteiger partial charge in [-0.05, 0) is 25.3 Å². The highest BCUT2D eigenvalue weighted by molar-refractivity contribution is 7.21. The highest BCUT2D eigenvalue weighted by atomic mass is 32.1. The van der Waals surface area contributed by atoms with Gasteiger partial charge in [0.2, 0.25) is 0 Å². The number of carbonyl (C=O) groups is 1. The third-order valence-electron chi connectivity index (χ3n) is 3.24. The van der Waals surface area contributed by atoms with Crippen LogP contribution in [-0.4, -0.2) is 17.5 Å². The van der Waals surface area contributed by atoms with E-state index in [4.69, 9.17) is 4.74 Å². The van der Waals surface area contributed by atoms with Gasteiger partial charge in [0, 0.05) is 11.5 Å². The van der Waals surface area contributed by atoms with E-state index >= 15 is 0 Å². The molecule has 21 heavy (non-hydrogen) atoms. The summed E-state index contributed by atoms with van der Waals surface area (Å²) < 4.78 is 5.63. The molecule has 1 aromatic carbocycles. The van der Waals surface area contributed by atoms with Crippen molar-refractivity contribution in [1.82, 2.24) is 0 Å². The monoisotopic (exact) mass is 307 g/mol. The van der Waals surface area contributed by atoms with E-state index in [1.54, 1.807) is 13.0 Å². The maximum atomic E-state index is 12.1. The van der Waals surface area contributed by atoms with Crippen molar-refractivity contribution in [2.24, 2.45) is 0 Å². The van der Waals surface area contributed by atoms with Gasteiger partial charge in [0.15, 0.2) is 0 Å². The molecule has 0 aliphatic heterocycles. The zero-order chi connectivity index (χ0) is 15.4. The minimum atomic E-state index is -0.405. The Kier molecular flexibility index (Phi) is 4.90. The van der Waals surface area contributed by atoms with Gasteiger partial charge in [-0.3, -0.25) is 10.1 Å². The molecule has 0 aliphatic carbocycles. The van der Waals surface area contributed by atoms with Gasteiger partial charge in [-0.25, -0.2) is 4.79 Å². The van der Waals surface area contributed by atoms with Crippen molar-refractivity contribution in [3.8, 4) is 0 Å². The van der Waals surface area contributed by atoms with Crippen LogP contribution in [0.2, 0.25) is 0 Å². The number of aryl methyl sites for hydroxylation is 1. The summed E-state index contributed by atoms with van der Waals surface area (Å²) in [6, 6.07) is 4.97. The van der Waals surface area contributed by atoms with E-state index in [-0.39, 0.29) is 11.7 Å². The van der Waals surface area contributed by atoms with E-state index in [1.165, 1.54) is 6.07 Å². The molecule has 6 heteroatoms. The number of ether oxygens (including phenoxy) is 1. The number of fused-ring (bicyclic) bond motifs is 1. The lowest BCUT2D eigenvalue weighted by Crippen LogP contribution is -2.05. The van der Waals surface area contributed by atoms with Crippen molar-refractivity contribution in [2.75, 3.05) is 6.61 Å². The number of hydrogen-bond acceptors (Lipinski definition) is 5. The molecule has 0 unspecified atom stereocenters. The summed E-state index contributed by atoms with van der Waals surface area (Å²) in [5.74, 6) is -0.390. The number of nitrogens with zero attached hydrogens (tertiary/aromatic N) is 1. The van der Waals surface area contributed by atoms with Crippen LogP contribution in [0.15, 0.2) is 18.2 Å². The molecular weight excluding hydrogens is 290 g/mol. The third kappa shape index (κ3) is 3.05. The molecule has 0 bridgehead atoms. The number of benzene rings is 1. The first-order valence-corrected chi connectivity index (χ1v) is 7.77. The number of rotatable bonds is 6. The number of thiophene rings is 1. The van der Waals surface area contributed by atoms with Crippen LogP contribution in [0.1, 0.15) is 41.9 Å². The molecule has 0 saturated carbocycles. The summed E-state index contributed by atoms with van der Waals surface area (Å²) in [7, 11) is 0. The maximum absolute atomic E-state index is 12.1. The Balaban J connectivity index is 2.62. The molecule has 5 nitrogen and oxygen atoms in total. The number of carbonyl (C=O) groups excluding carboxylic acids is 1. The van der Waals surface area contributed by atoms with E-state index in [9.17, 15) is 14.9 Å². The molecule has 0 amide bonds. The van der Waals surface area contributed by atoms with Crippen molar-refractivity contribution in [3.63, 3.8) is 0 Å². The third-order valence-corrected chi connectivity index (χ3v) is 4.49. The van der Waals surface area contributed by atoms with Gasteiger partial charge in [0.25, 0.3) is 5.69 Å². The average molecular weight is 307 g/mol. The number of non-ortho nitro benzene ring substituents is 1. The number of nitro benzene ring substituents is 1. The Labute approximate surface area is 126 Å². The second-order valence-corrected chi connectivity index (χ2v) is 5.67. The molecule has 0 N–H and O–H groups in total. The van der Waals surface area contributed by atoms with Crippen LogP contribution in [0.4, 0.5) is 5.69 Å². The van der Waals surface area contributed by atoms with Crippen molar-refractivity contribution in [3.05, 3.63) is 38.8 Å². The highest BCUT2D eigenvalue weighted by Gasteiger charge is 2.23. The molecular formula is C15H17NO4S. The predicted molar refractivity (Wildman–Crippen MR) is 83.0 cm³/mol. The smallest absolute Gasteiger partial charge is 0.348 e. The zero-order valence-corrected chi connectivity index (χ0v) is 12.9. The summed E-state index contributed by atoms with van der Waals surface area (Å²) in [6.45, 7) is 4.11. The summed E-state index contributed by atoms with van der Waals surface area (Å²) >= 11 is 1.16. The van der Waals surface area contributed by atoms with E-state index in [0.717, 1.165) is 41.5 Å². The van der Waals surface area contributed by atoms with E-state index in [1.807, 2.05) is 6.07 Å². The van der Waals surface area contributed by atoms with Gasteiger partial charge in [0.1, 0.15) is 9.58 Å². The van der Waals surface area contributed by atoms with Gasteiger partial charge in [-0.1, -0.05) is 25.5 Å². The normalized spacial score (nSPS) is 10.8. The topological polar surface area (TPSA) is 69.4 Å².